The molecule has 0 spiro atoms. The molecule has 3 aromatic rings. The minimum absolute atomic E-state index is 0.0728. The van der Waals surface area contributed by atoms with Gasteiger partial charge in [0.1, 0.15) is 23.2 Å². The van der Waals surface area contributed by atoms with Crippen molar-refractivity contribution in [2.75, 3.05) is 6.61 Å². The SMILES string of the molecule is CC1(C)OC(=NC(CCO)c2ccccc2)NS(=O)(=O)C1c1ccc(OCc2ccccc2)cc1. The van der Waals surface area contributed by atoms with Gasteiger partial charge in [0.25, 0.3) is 6.02 Å². The van der Waals surface area contributed by atoms with E-state index in [0.29, 0.717) is 24.3 Å². The number of nitrogens with zero attached hydrogens (tertiary/aromatic N) is 1. The smallest absolute Gasteiger partial charge is 0.299 e. The van der Waals surface area contributed by atoms with Gasteiger partial charge < -0.3 is 14.6 Å². The van der Waals surface area contributed by atoms with Gasteiger partial charge in [-0.3, -0.25) is 0 Å². The molecule has 1 aliphatic rings. The molecule has 2 unspecified atom stereocenters. The van der Waals surface area contributed by atoms with Crippen LogP contribution in [0.5, 0.6) is 5.75 Å². The van der Waals surface area contributed by atoms with E-state index in [1.54, 1.807) is 38.1 Å². The number of hydrogen-bond acceptors (Lipinski definition) is 6. The van der Waals surface area contributed by atoms with Crippen molar-refractivity contribution in [3.63, 3.8) is 0 Å². The maximum atomic E-state index is 13.3. The molecule has 4 rings (SSSR count). The highest BCUT2D eigenvalue weighted by Crippen LogP contribution is 2.39. The zero-order valence-electron chi connectivity index (χ0n) is 19.8. The van der Waals surface area contributed by atoms with Crippen LogP contribution in [0.2, 0.25) is 0 Å². The first-order valence-corrected chi connectivity index (χ1v) is 13.0. The van der Waals surface area contributed by atoms with Gasteiger partial charge in [-0.15, -0.1) is 0 Å². The highest BCUT2D eigenvalue weighted by molar-refractivity contribution is 7.90. The molecule has 2 atom stereocenters. The molecule has 0 aromatic heterocycles. The summed E-state index contributed by atoms with van der Waals surface area (Å²) in [6, 6.07) is 25.7. The lowest BCUT2D eigenvalue weighted by atomic mass is 9.97. The lowest BCUT2D eigenvalue weighted by Gasteiger charge is -2.39. The summed E-state index contributed by atoms with van der Waals surface area (Å²) in [4.78, 5) is 4.51. The van der Waals surface area contributed by atoms with Crippen LogP contribution in [0.15, 0.2) is 89.9 Å². The molecule has 0 aliphatic carbocycles. The maximum absolute atomic E-state index is 13.3. The van der Waals surface area contributed by atoms with Gasteiger partial charge in [0.05, 0.1) is 6.04 Å². The van der Waals surface area contributed by atoms with Crippen molar-refractivity contribution in [3.8, 4) is 5.75 Å². The quantitative estimate of drug-likeness (QED) is 0.480. The summed E-state index contributed by atoms with van der Waals surface area (Å²) >= 11 is 0. The van der Waals surface area contributed by atoms with Gasteiger partial charge in [-0.25, -0.2) is 18.1 Å². The molecule has 0 amide bonds. The molecule has 1 fully saturated rings. The molecule has 184 valence electrons. The molecule has 8 heteroatoms. The predicted octanol–water partition coefficient (Wildman–Crippen LogP) is 4.51. The number of amidine groups is 1. The Balaban J connectivity index is 1.53. The molecule has 1 aliphatic heterocycles. The van der Waals surface area contributed by atoms with Crippen molar-refractivity contribution in [1.82, 2.24) is 4.72 Å². The van der Waals surface area contributed by atoms with E-state index in [9.17, 15) is 13.5 Å². The second-order valence-corrected chi connectivity index (χ2v) is 10.7. The number of aliphatic hydroxyl groups is 1. The zero-order chi connectivity index (χ0) is 24.9. The molecule has 2 N–H and O–H groups in total. The molecular formula is C27H30N2O5S. The van der Waals surface area contributed by atoms with E-state index < -0.39 is 26.9 Å². The largest absolute Gasteiger partial charge is 0.489 e. The second kappa shape index (κ2) is 10.5. The Labute approximate surface area is 206 Å². The standard InChI is InChI=1S/C27H30N2O5S/c1-27(2)25(22-13-15-23(16-14-22)33-19-20-9-5-3-6-10-20)35(31,32)29-26(34-27)28-24(17-18-30)21-11-7-4-8-12-21/h3-16,24-25,30H,17-19H2,1-2H3,(H,28,29). The van der Waals surface area contributed by atoms with Crippen molar-refractivity contribution in [2.45, 2.75) is 43.8 Å². The van der Waals surface area contributed by atoms with E-state index in [1.807, 2.05) is 60.7 Å². The molecular weight excluding hydrogens is 464 g/mol. The van der Waals surface area contributed by atoms with Crippen LogP contribution < -0.4 is 9.46 Å². The normalized spacial score (nSPS) is 20.4. The Kier molecular flexibility index (Phi) is 7.42. The molecule has 7 nitrogen and oxygen atoms in total. The van der Waals surface area contributed by atoms with E-state index >= 15 is 0 Å². The molecule has 0 radical (unpaired) electrons. The molecule has 1 heterocycles. The lowest BCUT2D eigenvalue weighted by Crippen LogP contribution is -2.53. The van der Waals surface area contributed by atoms with Crippen LogP contribution in [0.3, 0.4) is 0 Å². The number of hydrogen-bond donors (Lipinski definition) is 2. The predicted molar refractivity (Wildman–Crippen MR) is 135 cm³/mol. The first-order chi connectivity index (χ1) is 16.8. The first-order valence-electron chi connectivity index (χ1n) is 11.5. The summed E-state index contributed by atoms with van der Waals surface area (Å²) in [6.07, 6.45) is 0.340. The topological polar surface area (TPSA) is 97.2 Å². The number of benzene rings is 3. The number of nitrogens with one attached hydrogen (secondary N) is 1. The van der Waals surface area contributed by atoms with Crippen molar-refractivity contribution >= 4 is 16.0 Å². The van der Waals surface area contributed by atoms with Gasteiger partial charge in [0.2, 0.25) is 10.0 Å². The van der Waals surface area contributed by atoms with Crippen LogP contribution in [0.1, 0.15) is 48.3 Å². The Morgan fingerprint density at radius 3 is 2.23 bits per heavy atom. The van der Waals surface area contributed by atoms with Crippen molar-refractivity contribution in [1.29, 1.82) is 0 Å². The Hall–Kier alpha value is -3.36. The van der Waals surface area contributed by atoms with Crippen LogP contribution in [0.4, 0.5) is 0 Å². The number of ether oxygens (including phenoxy) is 2. The average molecular weight is 495 g/mol. The molecule has 3 aromatic carbocycles. The van der Waals surface area contributed by atoms with E-state index in [0.717, 1.165) is 11.1 Å². The molecule has 1 saturated heterocycles. The third kappa shape index (κ3) is 6.01. The fourth-order valence-electron chi connectivity index (χ4n) is 4.24. The Bertz CT molecular complexity index is 1240. The van der Waals surface area contributed by atoms with Crippen molar-refractivity contribution in [2.24, 2.45) is 4.99 Å². The fraction of sp³-hybridized carbons (Fsp3) is 0.296. The van der Waals surface area contributed by atoms with Gasteiger partial charge in [0.15, 0.2) is 0 Å². The number of aliphatic imine (C=N–C) groups is 1. The lowest BCUT2D eigenvalue weighted by molar-refractivity contribution is 0.0758. The number of aliphatic hydroxyl groups excluding tert-OH is 1. The van der Waals surface area contributed by atoms with E-state index in [1.165, 1.54) is 0 Å². The summed E-state index contributed by atoms with van der Waals surface area (Å²) in [5, 5.41) is 8.54. The molecule has 0 bridgehead atoms. The minimum Gasteiger partial charge on any atom is -0.489 e. The third-order valence-electron chi connectivity index (χ3n) is 5.82. The van der Waals surface area contributed by atoms with Gasteiger partial charge >= 0.3 is 0 Å². The highest BCUT2D eigenvalue weighted by atomic mass is 32.2. The van der Waals surface area contributed by atoms with Gasteiger partial charge in [-0.1, -0.05) is 72.8 Å². The molecule has 0 saturated carbocycles. The number of sulfonamides is 1. The fourth-order valence-corrected chi connectivity index (χ4v) is 6.00. The highest BCUT2D eigenvalue weighted by Gasteiger charge is 2.48. The van der Waals surface area contributed by atoms with Crippen LogP contribution in [-0.2, 0) is 21.4 Å². The van der Waals surface area contributed by atoms with Crippen LogP contribution in [0, 0.1) is 0 Å². The van der Waals surface area contributed by atoms with Crippen LogP contribution >= 0.6 is 0 Å². The summed E-state index contributed by atoms with van der Waals surface area (Å²) in [7, 11) is -3.85. The minimum atomic E-state index is -3.85. The zero-order valence-corrected chi connectivity index (χ0v) is 20.6. The van der Waals surface area contributed by atoms with Crippen molar-refractivity contribution in [3.05, 3.63) is 102 Å². The first kappa shape index (κ1) is 24.8. The summed E-state index contributed by atoms with van der Waals surface area (Å²) in [5.41, 5.74) is 1.41. The van der Waals surface area contributed by atoms with E-state index in [4.69, 9.17) is 9.47 Å². The van der Waals surface area contributed by atoms with Crippen molar-refractivity contribution < 1.29 is 23.0 Å². The van der Waals surface area contributed by atoms with Gasteiger partial charge in [-0.2, -0.15) is 0 Å². The summed E-state index contributed by atoms with van der Waals surface area (Å²) in [6.45, 7) is 3.80. The summed E-state index contributed by atoms with van der Waals surface area (Å²) in [5.74, 6) is 0.648. The monoisotopic (exact) mass is 494 g/mol. The van der Waals surface area contributed by atoms with E-state index in [-0.39, 0.29) is 12.6 Å². The van der Waals surface area contributed by atoms with Gasteiger partial charge in [-0.05, 0) is 49.1 Å². The third-order valence-corrected chi connectivity index (χ3v) is 7.74. The second-order valence-electron chi connectivity index (χ2n) is 8.95. The van der Waals surface area contributed by atoms with Crippen LogP contribution in [-0.4, -0.2) is 31.8 Å². The Morgan fingerprint density at radius 2 is 1.63 bits per heavy atom. The van der Waals surface area contributed by atoms with Gasteiger partial charge in [0, 0.05) is 6.61 Å². The average Bonchev–Trinajstić information content (AvgIpc) is 2.83. The maximum Gasteiger partial charge on any atom is 0.299 e. The Morgan fingerprint density at radius 1 is 1.00 bits per heavy atom. The van der Waals surface area contributed by atoms with Crippen LogP contribution in [0.25, 0.3) is 0 Å². The van der Waals surface area contributed by atoms with E-state index in [2.05, 4.69) is 9.71 Å². The molecule has 35 heavy (non-hydrogen) atoms. The number of rotatable bonds is 8. The summed E-state index contributed by atoms with van der Waals surface area (Å²) < 4.78 is 41.0.